The van der Waals surface area contributed by atoms with E-state index >= 15 is 0 Å². The van der Waals surface area contributed by atoms with E-state index in [-0.39, 0.29) is 23.3 Å². The second kappa shape index (κ2) is 7.45. The van der Waals surface area contributed by atoms with Gasteiger partial charge >= 0.3 is 6.03 Å². The lowest BCUT2D eigenvalue weighted by molar-refractivity contribution is -0.126. The smallest absolute Gasteiger partial charge is 0.324 e. The standard InChI is InChI=1S/C13H19N5O3S2/c1-8(10(19)18-5-4-14-12(18)20)22-13-17-16-11(23-13)15-7-9-3-2-6-21-9/h8-9H,2-7H2,1H3,(H,14,20)(H,15,16)/t8-,9+/m0/s1. The summed E-state index contributed by atoms with van der Waals surface area (Å²) >= 11 is 2.73. The van der Waals surface area contributed by atoms with Gasteiger partial charge in [-0.05, 0) is 19.8 Å². The quantitative estimate of drug-likeness (QED) is 0.738. The van der Waals surface area contributed by atoms with Gasteiger partial charge in [0.25, 0.3) is 0 Å². The highest BCUT2D eigenvalue weighted by molar-refractivity contribution is 8.02. The number of rotatable bonds is 6. The molecule has 2 saturated heterocycles. The Bertz CT molecular complexity index is 576. The van der Waals surface area contributed by atoms with Crippen LogP contribution in [0.1, 0.15) is 19.8 Å². The molecule has 8 nitrogen and oxygen atoms in total. The third-order valence-electron chi connectivity index (χ3n) is 3.66. The highest BCUT2D eigenvalue weighted by atomic mass is 32.2. The largest absolute Gasteiger partial charge is 0.376 e. The van der Waals surface area contributed by atoms with E-state index in [2.05, 4.69) is 20.8 Å². The number of carbonyl (C=O) groups excluding carboxylic acids is 2. The Kier molecular flexibility index (Phi) is 5.34. The lowest BCUT2D eigenvalue weighted by Gasteiger charge is -2.16. The molecule has 1 aromatic rings. The molecule has 0 unspecified atom stereocenters. The molecule has 3 amide bonds. The number of hydrogen-bond donors (Lipinski definition) is 2. The monoisotopic (exact) mass is 357 g/mol. The van der Waals surface area contributed by atoms with E-state index in [1.54, 1.807) is 6.92 Å². The summed E-state index contributed by atoms with van der Waals surface area (Å²) in [6.45, 7) is 4.26. The molecule has 3 heterocycles. The average molecular weight is 357 g/mol. The Morgan fingerprint density at radius 1 is 1.61 bits per heavy atom. The van der Waals surface area contributed by atoms with Crippen molar-refractivity contribution in [2.24, 2.45) is 0 Å². The first-order chi connectivity index (χ1) is 11.1. The van der Waals surface area contributed by atoms with Crippen molar-refractivity contribution >= 4 is 40.2 Å². The Morgan fingerprint density at radius 2 is 2.48 bits per heavy atom. The average Bonchev–Trinajstić information content (AvgIpc) is 3.26. The minimum Gasteiger partial charge on any atom is -0.376 e. The molecule has 0 saturated carbocycles. The molecule has 23 heavy (non-hydrogen) atoms. The molecule has 0 bridgehead atoms. The molecule has 2 aliphatic rings. The maximum Gasteiger partial charge on any atom is 0.324 e. The van der Waals surface area contributed by atoms with Gasteiger partial charge in [-0.1, -0.05) is 23.1 Å². The van der Waals surface area contributed by atoms with Gasteiger partial charge in [-0.2, -0.15) is 0 Å². The van der Waals surface area contributed by atoms with Crippen molar-refractivity contribution in [3.63, 3.8) is 0 Å². The summed E-state index contributed by atoms with van der Waals surface area (Å²) in [5, 5.41) is 14.4. The van der Waals surface area contributed by atoms with E-state index < -0.39 is 0 Å². The number of urea groups is 1. The fraction of sp³-hybridized carbons (Fsp3) is 0.692. The van der Waals surface area contributed by atoms with Crippen LogP contribution in [0.4, 0.5) is 9.93 Å². The first kappa shape index (κ1) is 16.5. The SMILES string of the molecule is C[C@H](Sc1nnc(NC[C@H]2CCCO2)s1)C(=O)N1CCNC1=O. The summed E-state index contributed by atoms with van der Waals surface area (Å²) in [6.07, 6.45) is 2.41. The number of anilines is 1. The van der Waals surface area contributed by atoms with Gasteiger partial charge in [-0.3, -0.25) is 9.69 Å². The van der Waals surface area contributed by atoms with Crippen LogP contribution >= 0.6 is 23.1 Å². The van der Waals surface area contributed by atoms with Crippen molar-refractivity contribution in [1.82, 2.24) is 20.4 Å². The van der Waals surface area contributed by atoms with Crippen LogP contribution < -0.4 is 10.6 Å². The Morgan fingerprint density at radius 3 is 3.17 bits per heavy atom. The molecular formula is C13H19N5O3S2. The summed E-state index contributed by atoms with van der Waals surface area (Å²) in [5.41, 5.74) is 0. The van der Waals surface area contributed by atoms with Crippen molar-refractivity contribution < 1.29 is 14.3 Å². The van der Waals surface area contributed by atoms with Crippen molar-refractivity contribution in [3.05, 3.63) is 0 Å². The minimum absolute atomic E-state index is 0.200. The predicted octanol–water partition coefficient (Wildman–Crippen LogP) is 1.16. The number of imide groups is 1. The molecular weight excluding hydrogens is 338 g/mol. The van der Waals surface area contributed by atoms with Gasteiger partial charge in [0.05, 0.1) is 11.4 Å². The van der Waals surface area contributed by atoms with Crippen molar-refractivity contribution in [2.45, 2.75) is 35.5 Å². The number of aromatic nitrogens is 2. The maximum atomic E-state index is 12.2. The number of thioether (sulfide) groups is 1. The summed E-state index contributed by atoms with van der Waals surface area (Å²) in [7, 11) is 0. The molecule has 2 fully saturated rings. The van der Waals surface area contributed by atoms with Crippen molar-refractivity contribution in [1.29, 1.82) is 0 Å². The highest BCUT2D eigenvalue weighted by Crippen LogP contribution is 2.30. The van der Waals surface area contributed by atoms with Crippen LogP contribution in [0.5, 0.6) is 0 Å². The van der Waals surface area contributed by atoms with Crippen molar-refractivity contribution in [3.8, 4) is 0 Å². The van der Waals surface area contributed by atoms with Crippen molar-refractivity contribution in [2.75, 3.05) is 31.6 Å². The molecule has 2 aliphatic heterocycles. The topological polar surface area (TPSA) is 96.5 Å². The predicted molar refractivity (Wildman–Crippen MR) is 87.8 cm³/mol. The van der Waals surface area contributed by atoms with Crippen LogP contribution in [0.2, 0.25) is 0 Å². The van der Waals surface area contributed by atoms with Crippen LogP contribution in [-0.2, 0) is 9.53 Å². The molecule has 0 aliphatic carbocycles. The molecule has 3 rings (SSSR count). The summed E-state index contributed by atoms with van der Waals surface area (Å²) in [6, 6.07) is -0.321. The molecule has 0 radical (unpaired) electrons. The van der Waals surface area contributed by atoms with Gasteiger partial charge in [0.1, 0.15) is 0 Å². The number of hydrogen-bond acceptors (Lipinski definition) is 8. The van der Waals surface area contributed by atoms with Gasteiger partial charge in [0.2, 0.25) is 11.0 Å². The van der Waals surface area contributed by atoms with E-state index in [0.717, 1.165) is 31.1 Å². The normalized spacial score (nSPS) is 22.2. The third kappa shape index (κ3) is 4.12. The lowest BCUT2D eigenvalue weighted by Crippen LogP contribution is -2.38. The van der Waals surface area contributed by atoms with Gasteiger partial charge < -0.3 is 15.4 Å². The first-order valence-corrected chi connectivity index (χ1v) is 9.28. The molecule has 0 aromatic carbocycles. The van der Waals surface area contributed by atoms with Crippen LogP contribution in [-0.4, -0.2) is 64.6 Å². The molecule has 2 N–H and O–H groups in total. The zero-order valence-electron chi connectivity index (χ0n) is 12.8. The minimum atomic E-state index is -0.377. The van der Waals surface area contributed by atoms with E-state index in [0.29, 0.717) is 17.4 Å². The van der Waals surface area contributed by atoms with E-state index in [1.165, 1.54) is 28.0 Å². The lowest BCUT2D eigenvalue weighted by atomic mass is 10.2. The van der Waals surface area contributed by atoms with E-state index in [9.17, 15) is 9.59 Å². The van der Waals surface area contributed by atoms with Crippen LogP contribution in [0.25, 0.3) is 0 Å². The Hall–Kier alpha value is -1.39. The zero-order valence-corrected chi connectivity index (χ0v) is 14.4. The highest BCUT2D eigenvalue weighted by Gasteiger charge is 2.30. The number of carbonyl (C=O) groups is 2. The second-order valence-corrected chi connectivity index (χ2v) is 7.94. The van der Waals surface area contributed by atoms with Gasteiger partial charge in [0.15, 0.2) is 4.34 Å². The molecule has 1 aromatic heterocycles. The van der Waals surface area contributed by atoms with Crippen LogP contribution in [0.15, 0.2) is 4.34 Å². The Labute approximate surface area is 142 Å². The number of nitrogens with one attached hydrogen (secondary N) is 2. The Balaban J connectivity index is 1.49. The van der Waals surface area contributed by atoms with Crippen LogP contribution in [0.3, 0.4) is 0 Å². The molecule has 10 heteroatoms. The van der Waals surface area contributed by atoms with E-state index in [4.69, 9.17) is 4.74 Å². The fourth-order valence-corrected chi connectivity index (χ4v) is 4.40. The number of nitrogens with zero attached hydrogens (tertiary/aromatic N) is 3. The summed E-state index contributed by atoms with van der Waals surface area (Å²) in [4.78, 5) is 25.0. The fourth-order valence-electron chi connectivity index (χ4n) is 2.44. The molecule has 2 atom stereocenters. The third-order valence-corrected chi connectivity index (χ3v) is 5.71. The molecule has 126 valence electrons. The summed E-state index contributed by atoms with van der Waals surface area (Å²) in [5.74, 6) is -0.200. The van der Waals surface area contributed by atoms with Gasteiger partial charge in [0, 0.05) is 26.2 Å². The number of amides is 3. The molecule has 0 spiro atoms. The van der Waals surface area contributed by atoms with Crippen LogP contribution in [0, 0.1) is 0 Å². The summed E-state index contributed by atoms with van der Waals surface area (Å²) < 4.78 is 6.25. The van der Waals surface area contributed by atoms with Gasteiger partial charge in [-0.15, -0.1) is 10.2 Å². The maximum absolute atomic E-state index is 12.2. The first-order valence-electron chi connectivity index (χ1n) is 7.58. The number of ether oxygens (including phenoxy) is 1. The van der Waals surface area contributed by atoms with E-state index in [1.807, 2.05) is 0 Å². The van der Waals surface area contributed by atoms with Gasteiger partial charge in [-0.25, -0.2) is 4.79 Å². The zero-order chi connectivity index (χ0) is 16.2. The second-order valence-electron chi connectivity index (χ2n) is 5.37.